The molecule has 45 heavy (non-hydrogen) atoms. The van der Waals surface area contributed by atoms with Gasteiger partial charge in [-0.3, -0.25) is 19.1 Å². The molecular weight excluding hydrogens is 700 g/mol. The fourth-order valence-electron chi connectivity index (χ4n) is 6.30. The second-order valence-corrected chi connectivity index (χ2v) is 14.3. The molecule has 0 spiro atoms. The molecule has 3 atom stereocenters. The Kier molecular flexibility index (Phi) is 7.02. The number of nitrogens with one attached hydrogen (secondary N) is 1. The number of hydrogen-bond donors (Lipinski definition) is 1. The van der Waals surface area contributed by atoms with E-state index in [1.165, 1.54) is 12.4 Å². The van der Waals surface area contributed by atoms with E-state index in [0.29, 0.717) is 29.8 Å². The fraction of sp³-hybridized carbons (Fsp3) is 0.323. The third-order valence-electron chi connectivity index (χ3n) is 8.79. The van der Waals surface area contributed by atoms with E-state index < -0.39 is 38.4 Å². The predicted octanol–water partition coefficient (Wildman–Crippen LogP) is 4.82. The minimum absolute atomic E-state index is 0.0343. The summed E-state index contributed by atoms with van der Waals surface area (Å²) in [5, 5.41) is 10.1. The number of benzene rings is 1. The highest BCUT2D eigenvalue weighted by molar-refractivity contribution is 14.2. The molecule has 2 aliphatic heterocycles. The van der Waals surface area contributed by atoms with Gasteiger partial charge in [0.2, 0.25) is 5.91 Å². The molecule has 14 heteroatoms. The first-order chi connectivity index (χ1) is 21.5. The number of aromatic nitrogens is 6. The summed E-state index contributed by atoms with van der Waals surface area (Å²) in [4.78, 5) is 36.4. The number of pyridine rings is 1. The van der Waals surface area contributed by atoms with Gasteiger partial charge in [0.05, 0.1) is 46.5 Å². The van der Waals surface area contributed by atoms with Gasteiger partial charge in [0.1, 0.15) is 0 Å². The number of nitrogens with zero attached hydrogens (tertiary/aromatic N) is 7. The highest BCUT2D eigenvalue weighted by atomic mass is 127. The number of aryl methyl sites for hydroxylation is 1. The third kappa shape index (κ3) is 5.08. The molecule has 3 aromatic heterocycles. The van der Waals surface area contributed by atoms with Gasteiger partial charge in [-0.2, -0.15) is 13.2 Å². The molecule has 3 aliphatic rings. The number of hydrogen-bond acceptors (Lipinski definition) is 7. The van der Waals surface area contributed by atoms with Gasteiger partial charge in [-0.05, 0) is 61.9 Å². The minimum atomic E-state index is -4.64. The molecule has 2 unspecified atom stereocenters. The van der Waals surface area contributed by atoms with Crippen molar-refractivity contribution in [1.29, 1.82) is 0 Å². The quantitative estimate of drug-likeness (QED) is 0.238. The van der Waals surface area contributed by atoms with Crippen LogP contribution >= 0.6 is 21.0 Å². The van der Waals surface area contributed by atoms with Crippen molar-refractivity contribution >= 4 is 36.6 Å². The van der Waals surface area contributed by atoms with Crippen molar-refractivity contribution < 1.29 is 18.0 Å². The Morgan fingerprint density at radius 1 is 1.07 bits per heavy atom. The van der Waals surface area contributed by atoms with Gasteiger partial charge < -0.3 is 8.43 Å². The first-order valence-corrected chi connectivity index (χ1v) is 16.6. The Bertz CT molecular complexity index is 1980. The monoisotopic (exact) mass is 728 g/mol. The molecule has 1 N–H and O–H groups in total. The molecule has 1 aromatic carbocycles. The van der Waals surface area contributed by atoms with Crippen LogP contribution in [0, 0.1) is 18.8 Å². The average Bonchev–Trinajstić information content (AvgIpc) is 3.29. The lowest BCUT2D eigenvalue weighted by molar-refractivity contribution is -0.141. The van der Waals surface area contributed by atoms with Crippen LogP contribution in [0.25, 0.3) is 22.6 Å². The van der Waals surface area contributed by atoms with Crippen LogP contribution in [0.4, 0.5) is 13.2 Å². The molecule has 1 saturated carbocycles. The Hall–Kier alpha value is -4.21. The summed E-state index contributed by atoms with van der Waals surface area (Å²) in [7, 11) is 1.99. The molecule has 232 valence electrons. The maximum atomic E-state index is 14.0. The number of halogens is 4. The number of amides is 1. The van der Waals surface area contributed by atoms with Crippen LogP contribution in [0.15, 0.2) is 65.6 Å². The largest absolute Gasteiger partial charge is 0.436 e. The Morgan fingerprint density at radius 3 is 2.64 bits per heavy atom. The molecule has 5 heterocycles. The van der Waals surface area contributed by atoms with E-state index in [1.807, 2.05) is 33.0 Å². The van der Waals surface area contributed by atoms with Gasteiger partial charge in [-0.25, -0.2) is 9.67 Å². The van der Waals surface area contributed by atoms with Crippen molar-refractivity contribution in [2.75, 3.05) is 7.05 Å². The SMILES string of the molecule is Cc1ccc(-n2cc(C(F)(F)F)nn2)c(-c2cc(=O)n(C34CC3CC[C@@H](C)C(=O)NC3=C(c5cc4ccn5)N(C)I=C3)cn2)c1. The van der Waals surface area contributed by atoms with Gasteiger partial charge in [-0.1, -0.05) is 23.8 Å². The average molecular weight is 729 g/mol. The highest BCUT2D eigenvalue weighted by Gasteiger charge is 2.57. The minimum Gasteiger partial charge on any atom is -0.324 e. The van der Waals surface area contributed by atoms with Crippen molar-refractivity contribution in [3.05, 3.63) is 93.7 Å². The summed E-state index contributed by atoms with van der Waals surface area (Å²) in [6, 6.07) is 10.5. The van der Waals surface area contributed by atoms with E-state index in [2.05, 4.69) is 32.7 Å². The van der Waals surface area contributed by atoms with Gasteiger partial charge in [0, 0.05) is 55.8 Å². The molecule has 0 radical (unpaired) electrons. The molecule has 0 saturated heterocycles. The van der Waals surface area contributed by atoms with Crippen molar-refractivity contribution in [3.63, 3.8) is 0 Å². The smallest absolute Gasteiger partial charge is 0.324 e. The van der Waals surface area contributed by atoms with Crippen LogP contribution < -0.4 is 10.9 Å². The van der Waals surface area contributed by atoms with Gasteiger partial charge in [0.15, 0.2) is 5.69 Å². The van der Waals surface area contributed by atoms with Crippen LogP contribution in [-0.4, -0.2) is 49.6 Å². The molecule has 1 amide bonds. The van der Waals surface area contributed by atoms with E-state index in [9.17, 15) is 22.8 Å². The van der Waals surface area contributed by atoms with Gasteiger partial charge in [-0.15, -0.1) is 5.10 Å². The number of carbonyl (C=O) groups is 1. The highest BCUT2D eigenvalue weighted by Crippen LogP contribution is 2.57. The number of allylic oxidation sites excluding steroid dienone is 1. The first kappa shape index (κ1) is 29.5. The molecule has 7 rings (SSSR count). The molecule has 2 bridgehead atoms. The molecule has 1 aliphatic carbocycles. The molecule has 10 nitrogen and oxygen atoms in total. The van der Waals surface area contributed by atoms with Gasteiger partial charge >= 0.3 is 6.18 Å². The summed E-state index contributed by atoms with van der Waals surface area (Å²) < 4.78 is 46.7. The lowest BCUT2D eigenvalue weighted by atomic mass is 9.95. The Morgan fingerprint density at radius 2 is 1.89 bits per heavy atom. The number of rotatable bonds is 3. The van der Waals surface area contributed by atoms with Crippen molar-refractivity contribution in [1.82, 2.24) is 38.0 Å². The van der Waals surface area contributed by atoms with Crippen molar-refractivity contribution in [2.45, 2.75) is 44.8 Å². The fourth-order valence-corrected chi connectivity index (χ4v) is 8.23. The maximum Gasteiger partial charge on any atom is 0.436 e. The van der Waals surface area contributed by atoms with Crippen LogP contribution in [0.1, 0.15) is 48.7 Å². The third-order valence-corrected chi connectivity index (χ3v) is 11.0. The topological polar surface area (TPSA) is 111 Å². The van der Waals surface area contributed by atoms with Crippen LogP contribution in [0.2, 0.25) is 0 Å². The molecule has 1 fully saturated rings. The van der Waals surface area contributed by atoms with E-state index in [-0.39, 0.29) is 23.3 Å². The van der Waals surface area contributed by atoms with Gasteiger partial charge in [0.25, 0.3) is 5.56 Å². The zero-order valence-electron chi connectivity index (χ0n) is 24.5. The normalized spacial score (nSPS) is 23.0. The second kappa shape index (κ2) is 10.7. The standard InChI is InChI=1S/C31H28F3IN8O2/c1-17-4-7-25(43-15-26(39-40-43)31(32,33)34)21(10-17)22-12-27(44)42(16-37-22)30-13-20(30)6-5-18(2)29(45)38-24-14-35-41(3)28(24)23-11-19(30)8-9-36-23/h4,7-12,14-16,18,20H,5-6,13H2,1-3H3,(H,38,45)/t18-,20?,30?/m1/s1. The van der Waals surface area contributed by atoms with Crippen molar-refractivity contribution in [3.8, 4) is 16.9 Å². The van der Waals surface area contributed by atoms with E-state index in [4.69, 9.17) is 0 Å². The lowest BCUT2D eigenvalue weighted by Gasteiger charge is -2.24. The molecular formula is C31H28F3IN8O2. The zero-order chi connectivity index (χ0) is 31.7. The summed E-state index contributed by atoms with van der Waals surface area (Å²) in [5.74, 6) is -0.160. The number of alkyl halides is 3. The van der Waals surface area contributed by atoms with Crippen molar-refractivity contribution in [2.24, 2.45) is 11.8 Å². The first-order valence-electron chi connectivity index (χ1n) is 14.4. The summed E-state index contributed by atoms with van der Waals surface area (Å²) in [6.45, 7) is 3.77. The number of carbonyl (C=O) groups excluding carboxylic acids is 1. The van der Waals surface area contributed by atoms with E-state index >= 15 is 0 Å². The maximum absolute atomic E-state index is 14.0. The zero-order valence-corrected chi connectivity index (χ0v) is 26.7. The summed E-state index contributed by atoms with van der Waals surface area (Å²) >= 11 is -0.451. The van der Waals surface area contributed by atoms with Crippen LogP contribution in [0.5, 0.6) is 0 Å². The van der Waals surface area contributed by atoms with E-state index in [0.717, 1.165) is 45.5 Å². The second-order valence-electron chi connectivity index (χ2n) is 11.7. The Balaban J connectivity index is 1.32. The predicted molar refractivity (Wildman–Crippen MR) is 169 cm³/mol. The number of fused-ring (bicyclic) bond motifs is 5. The van der Waals surface area contributed by atoms with Crippen LogP contribution in [-0.2, 0) is 16.5 Å². The lowest BCUT2D eigenvalue weighted by Crippen LogP contribution is -2.34. The van der Waals surface area contributed by atoms with E-state index in [1.54, 1.807) is 29.0 Å². The summed E-state index contributed by atoms with van der Waals surface area (Å²) in [6.07, 6.45) is 1.54. The Labute approximate surface area is 266 Å². The van der Waals surface area contributed by atoms with Crippen LogP contribution in [0.3, 0.4) is 0 Å². The summed E-state index contributed by atoms with van der Waals surface area (Å²) in [5.41, 5.74) is 3.15. The molecule has 4 aromatic rings.